The second kappa shape index (κ2) is 12.1. The molecular formula is C27H36N2O6. The van der Waals surface area contributed by atoms with E-state index in [4.69, 9.17) is 18.6 Å². The third-order valence-electron chi connectivity index (χ3n) is 6.57. The minimum Gasteiger partial charge on any atom is -0.464 e. The van der Waals surface area contributed by atoms with Gasteiger partial charge in [0, 0.05) is 32.2 Å². The van der Waals surface area contributed by atoms with Gasteiger partial charge in [-0.15, -0.1) is 0 Å². The van der Waals surface area contributed by atoms with Crippen LogP contribution in [-0.4, -0.2) is 54.7 Å². The number of amides is 2. The van der Waals surface area contributed by atoms with E-state index < -0.39 is 0 Å². The Hall–Kier alpha value is -3.00. The van der Waals surface area contributed by atoms with Crippen molar-refractivity contribution in [3.8, 4) is 11.5 Å². The Morgan fingerprint density at radius 1 is 1.03 bits per heavy atom. The van der Waals surface area contributed by atoms with Crippen molar-refractivity contribution in [3.05, 3.63) is 47.4 Å². The van der Waals surface area contributed by atoms with Crippen LogP contribution in [0, 0.1) is 12.8 Å². The first kappa shape index (κ1) is 25.1. The average molecular weight is 485 g/mol. The van der Waals surface area contributed by atoms with Gasteiger partial charge >= 0.3 is 0 Å². The minimum absolute atomic E-state index is 0.0185. The van der Waals surface area contributed by atoms with Crippen molar-refractivity contribution < 1.29 is 28.2 Å². The summed E-state index contributed by atoms with van der Waals surface area (Å²) in [6.45, 7) is 6.51. The number of carbonyl (C=O) groups excluding carboxylic acids is 2. The van der Waals surface area contributed by atoms with Gasteiger partial charge in [-0.2, -0.15) is 0 Å². The Morgan fingerprint density at radius 3 is 2.57 bits per heavy atom. The summed E-state index contributed by atoms with van der Waals surface area (Å²) in [5.41, 5.74) is 0.927. The van der Waals surface area contributed by atoms with E-state index in [0.717, 1.165) is 37.0 Å². The summed E-state index contributed by atoms with van der Waals surface area (Å²) in [6, 6.07) is 9.48. The summed E-state index contributed by atoms with van der Waals surface area (Å²) in [6.07, 6.45) is 4.67. The molecule has 2 aliphatic rings. The lowest BCUT2D eigenvalue weighted by atomic mass is 10.1. The maximum absolute atomic E-state index is 13.6. The Kier molecular flexibility index (Phi) is 8.69. The summed E-state index contributed by atoms with van der Waals surface area (Å²) >= 11 is 0. The third kappa shape index (κ3) is 6.78. The highest BCUT2D eigenvalue weighted by atomic mass is 16.7. The SMILES string of the molecule is CCOCCCN(CC(=O)N(Cc1ccc2c(c1)OCO2)Cc1ccc(C)o1)C(=O)C1CCCC1. The van der Waals surface area contributed by atoms with Gasteiger partial charge in [0.05, 0.1) is 13.1 Å². The van der Waals surface area contributed by atoms with Gasteiger partial charge in [0.1, 0.15) is 11.5 Å². The number of ether oxygens (including phenoxy) is 3. The molecule has 2 heterocycles. The molecule has 0 radical (unpaired) electrons. The van der Waals surface area contributed by atoms with Crippen molar-refractivity contribution in [1.82, 2.24) is 9.80 Å². The second-order valence-corrected chi connectivity index (χ2v) is 9.24. The molecule has 2 aromatic rings. The van der Waals surface area contributed by atoms with E-state index in [1.54, 1.807) is 9.80 Å². The largest absolute Gasteiger partial charge is 0.464 e. The number of furan rings is 1. The highest BCUT2D eigenvalue weighted by Crippen LogP contribution is 2.33. The van der Waals surface area contributed by atoms with Crippen LogP contribution < -0.4 is 9.47 Å². The Labute approximate surface area is 207 Å². The zero-order chi connectivity index (χ0) is 24.6. The van der Waals surface area contributed by atoms with Gasteiger partial charge in [-0.05, 0) is 62.9 Å². The van der Waals surface area contributed by atoms with Crippen LogP contribution >= 0.6 is 0 Å². The number of nitrogens with zero attached hydrogens (tertiary/aromatic N) is 2. The molecular weight excluding hydrogens is 448 g/mol. The molecule has 0 saturated heterocycles. The van der Waals surface area contributed by atoms with Gasteiger partial charge < -0.3 is 28.4 Å². The molecule has 8 nitrogen and oxygen atoms in total. The van der Waals surface area contributed by atoms with Crippen molar-refractivity contribution >= 4 is 11.8 Å². The first-order chi connectivity index (χ1) is 17.0. The predicted molar refractivity (Wildman–Crippen MR) is 130 cm³/mol. The van der Waals surface area contributed by atoms with Crippen molar-refractivity contribution in [2.24, 2.45) is 5.92 Å². The number of hydrogen-bond donors (Lipinski definition) is 0. The molecule has 4 rings (SSSR count). The van der Waals surface area contributed by atoms with E-state index in [1.165, 1.54) is 0 Å². The number of benzene rings is 1. The molecule has 0 atom stereocenters. The normalized spacial score (nSPS) is 14.9. The van der Waals surface area contributed by atoms with Crippen LogP contribution in [0.1, 0.15) is 56.1 Å². The van der Waals surface area contributed by atoms with Gasteiger partial charge in [0.25, 0.3) is 0 Å². The molecule has 1 aliphatic heterocycles. The molecule has 1 aromatic heterocycles. The summed E-state index contributed by atoms with van der Waals surface area (Å²) in [4.78, 5) is 30.4. The molecule has 2 amide bonds. The van der Waals surface area contributed by atoms with Crippen molar-refractivity contribution in [2.75, 3.05) is 33.1 Å². The Morgan fingerprint density at radius 2 is 1.83 bits per heavy atom. The van der Waals surface area contributed by atoms with Crippen LogP contribution in [0.15, 0.2) is 34.7 Å². The molecule has 1 saturated carbocycles. The summed E-state index contributed by atoms with van der Waals surface area (Å²) < 4.78 is 22.2. The minimum atomic E-state index is -0.112. The van der Waals surface area contributed by atoms with E-state index in [1.807, 2.05) is 44.2 Å². The van der Waals surface area contributed by atoms with Crippen molar-refractivity contribution in [1.29, 1.82) is 0 Å². The van der Waals surface area contributed by atoms with Crippen LogP contribution in [0.4, 0.5) is 0 Å². The third-order valence-corrected chi connectivity index (χ3v) is 6.57. The van der Waals surface area contributed by atoms with Gasteiger partial charge in [0.15, 0.2) is 11.5 Å². The number of aryl methyl sites for hydroxylation is 1. The van der Waals surface area contributed by atoms with Gasteiger partial charge in [-0.25, -0.2) is 0 Å². The van der Waals surface area contributed by atoms with Crippen LogP contribution in [-0.2, 0) is 27.4 Å². The fraction of sp³-hybridized carbons (Fsp3) is 0.556. The van der Waals surface area contributed by atoms with E-state index in [-0.39, 0.29) is 31.1 Å². The molecule has 0 bridgehead atoms. The van der Waals surface area contributed by atoms with Crippen LogP contribution in [0.2, 0.25) is 0 Å². The zero-order valence-electron chi connectivity index (χ0n) is 20.8. The second-order valence-electron chi connectivity index (χ2n) is 9.24. The van der Waals surface area contributed by atoms with Crippen LogP contribution in [0.5, 0.6) is 11.5 Å². The average Bonchev–Trinajstić information content (AvgIpc) is 3.62. The Balaban J connectivity index is 1.49. The van der Waals surface area contributed by atoms with E-state index in [9.17, 15) is 9.59 Å². The van der Waals surface area contributed by atoms with Crippen molar-refractivity contribution in [2.45, 2.75) is 59.0 Å². The van der Waals surface area contributed by atoms with E-state index >= 15 is 0 Å². The lowest BCUT2D eigenvalue weighted by molar-refractivity contribution is -0.143. The number of carbonyl (C=O) groups is 2. The number of hydrogen-bond acceptors (Lipinski definition) is 6. The molecule has 1 aliphatic carbocycles. The molecule has 1 aromatic carbocycles. The number of rotatable bonds is 12. The topological polar surface area (TPSA) is 81.5 Å². The fourth-order valence-electron chi connectivity index (χ4n) is 4.71. The highest BCUT2D eigenvalue weighted by Gasteiger charge is 2.30. The molecule has 8 heteroatoms. The summed E-state index contributed by atoms with van der Waals surface area (Å²) in [5.74, 6) is 2.88. The first-order valence-corrected chi connectivity index (χ1v) is 12.6. The molecule has 0 unspecified atom stereocenters. The Bertz CT molecular complexity index is 997. The smallest absolute Gasteiger partial charge is 0.242 e. The van der Waals surface area contributed by atoms with Crippen LogP contribution in [0.25, 0.3) is 0 Å². The predicted octanol–water partition coefficient (Wildman–Crippen LogP) is 4.29. The molecule has 0 N–H and O–H groups in total. The number of fused-ring (bicyclic) bond motifs is 1. The van der Waals surface area contributed by atoms with Crippen molar-refractivity contribution in [3.63, 3.8) is 0 Å². The fourth-order valence-corrected chi connectivity index (χ4v) is 4.71. The lowest BCUT2D eigenvalue weighted by Gasteiger charge is -2.29. The van der Waals surface area contributed by atoms with Gasteiger partial charge in [-0.1, -0.05) is 18.9 Å². The quantitative estimate of drug-likeness (QED) is 0.418. The lowest BCUT2D eigenvalue weighted by Crippen LogP contribution is -2.44. The molecule has 35 heavy (non-hydrogen) atoms. The zero-order valence-corrected chi connectivity index (χ0v) is 20.8. The summed E-state index contributed by atoms with van der Waals surface area (Å²) in [5, 5.41) is 0. The van der Waals surface area contributed by atoms with Gasteiger partial charge in [-0.3, -0.25) is 9.59 Å². The first-order valence-electron chi connectivity index (χ1n) is 12.6. The standard InChI is InChI=1S/C27H36N2O6/c1-3-32-14-6-13-28(27(31)22-7-4-5-8-22)18-26(30)29(17-23-11-9-20(2)35-23)16-21-10-12-24-25(15-21)34-19-33-24/h9-12,15,22H,3-8,13-14,16-19H2,1-2H3. The molecule has 1 fully saturated rings. The summed E-state index contributed by atoms with van der Waals surface area (Å²) in [7, 11) is 0. The maximum atomic E-state index is 13.6. The maximum Gasteiger partial charge on any atom is 0.242 e. The van der Waals surface area contributed by atoms with E-state index in [0.29, 0.717) is 56.5 Å². The van der Waals surface area contributed by atoms with Gasteiger partial charge in [0.2, 0.25) is 18.6 Å². The van der Waals surface area contributed by atoms with E-state index in [2.05, 4.69) is 0 Å². The molecule has 190 valence electrons. The highest BCUT2D eigenvalue weighted by molar-refractivity contribution is 5.86. The monoisotopic (exact) mass is 484 g/mol. The van der Waals surface area contributed by atoms with Crippen LogP contribution in [0.3, 0.4) is 0 Å². The molecule has 0 spiro atoms.